The summed E-state index contributed by atoms with van der Waals surface area (Å²) in [5.74, 6) is 0.748. The molecule has 2 nitrogen and oxygen atoms in total. The van der Waals surface area contributed by atoms with Crippen LogP contribution in [-0.4, -0.2) is 11.1 Å². The van der Waals surface area contributed by atoms with Gasteiger partial charge in [0.2, 0.25) is 0 Å². The Kier molecular flexibility index (Phi) is 5.66. The Hall–Kier alpha value is -1.28. The summed E-state index contributed by atoms with van der Waals surface area (Å²) in [6.07, 6.45) is 6.01. The third-order valence-electron chi connectivity index (χ3n) is 3.94. The van der Waals surface area contributed by atoms with E-state index in [1.54, 1.807) is 0 Å². The largest absolute Gasteiger partial charge is 0.347 e. The van der Waals surface area contributed by atoms with Crippen LogP contribution in [0.3, 0.4) is 0 Å². The third-order valence-corrected chi connectivity index (χ3v) is 3.94. The molecule has 110 valence electrons. The van der Waals surface area contributed by atoms with Gasteiger partial charge in [-0.25, -0.2) is 0 Å². The average molecular weight is 272 g/mol. The van der Waals surface area contributed by atoms with E-state index in [1.165, 1.54) is 35.7 Å². The van der Waals surface area contributed by atoms with Crippen LogP contribution in [0, 0.1) is 5.92 Å². The number of aromatic nitrogens is 1. The lowest BCUT2D eigenvalue weighted by molar-refractivity contribution is 0.453. The van der Waals surface area contributed by atoms with Gasteiger partial charge in [0.05, 0.1) is 0 Å². The minimum atomic E-state index is 0.748. The molecular formula is C18H28N2. The van der Waals surface area contributed by atoms with Gasteiger partial charge in [0.15, 0.2) is 0 Å². The first-order valence-electron chi connectivity index (χ1n) is 8.03. The van der Waals surface area contributed by atoms with E-state index in [0.717, 1.165) is 25.6 Å². The SMILES string of the molecule is CCCNCc1cccc2c1ccn2CC(C)CCC. The summed E-state index contributed by atoms with van der Waals surface area (Å²) < 4.78 is 2.42. The summed E-state index contributed by atoms with van der Waals surface area (Å²) in [7, 11) is 0. The van der Waals surface area contributed by atoms with Crippen molar-refractivity contribution in [1.82, 2.24) is 9.88 Å². The van der Waals surface area contributed by atoms with Crippen molar-refractivity contribution < 1.29 is 0 Å². The van der Waals surface area contributed by atoms with E-state index in [2.05, 4.69) is 61.1 Å². The van der Waals surface area contributed by atoms with Crippen LogP contribution >= 0.6 is 0 Å². The number of benzene rings is 1. The van der Waals surface area contributed by atoms with Gasteiger partial charge in [-0.05, 0) is 43.0 Å². The summed E-state index contributed by atoms with van der Waals surface area (Å²) >= 11 is 0. The molecule has 1 atom stereocenters. The van der Waals surface area contributed by atoms with Crippen molar-refractivity contribution in [3.05, 3.63) is 36.0 Å². The fourth-order valence-electron chi connectivity index (χ4n) is 2.92. The smallest absolute Gasteiger partial charge is 0.0483 e. The van der Waals surface area contributed by atoms with Gasteiger partial charge in [-0.3, -0.25) is 0 Å². The maximum absolute atomic E-state index is 3.50. The zero-order valence-electron chi connectivity index (χ0n) is 13.2. The normalized spacial score (nSPS) is 12.9. The lowest BCUT2D eigenvalue weighted by atomic mass is 10.1. The van der Waals surface area contributed by atoms with E-state index in [9.17, 15) is 0 Å². The molecule has 0 aliphatic carbocycles. The van der Waals surface area contributed by atoms with Crippen LogP contribution < -0.4 is 5.32 Å². The van der Waals surface area contributed by atoms with Gasteiger partial charge in [0.1, 0.15) is 0 Å². The zero-order valence-corrected chi connectivity index (χ0v) is 13.2. The van der Waals surface area contributed by atoms with Crippen molar-refractivity contribution in [1.29, 1.82) is 0 Å². The molecule has 0 fully saturated rings. The average Bonchev–Trinajstić information content (AvgIpc) is 2.83. The molecule has 2 aromatic rings. The Morgan fingerprint density at radius 2 is 2.00 bits per heavy atom. The molecule has 1 aromatic carbocycles. The Balaban J connectivity index is 2.16. The molecule has 1 unspecified atom stereocenters. The van der Waals surface area contributed by atoms with Gasteiger partial charge >= 0.3 is 0 Å². The lowest BCUT2D eigenvalue weighted by Gasteiger charge is -2.13. The zero-order chi connectivity index (χ0) is 14.4. The molecule has 0 bridgehead atoms. The van der Waals surface area contributed by atoms with Gasteiger partial charge < -0.3 is 9.88 Å². The van der Waals surface area contributed by atoms with E-state index in [4.69, 9.17) is 0 Å². The fourth-order valence-corrected chi connectivity index (χ4v) is 2.92. The number of hydrogen-bond acceptors (Lipinski definition) is 1. The van der Waals surface area contributed by atoms with Gasteiger partial charge in [0, 0.05) is 30.2 Å². The number of nitrogens with zero attached hydrogens (tertiary/aromatic N) is 1. The Morgan fingerprint density at radius 3 is 2.75 bits per heavy atom. The second-order valence-corrected chi connectivity index (χ2v) is 5.89. The first kappa shape index (κ1) is 15.1. The molecular weight excluding hydrogens is 244 g/mol. The van der Waals surface area contributed by atoms with Crippen LogP contribution in [0.15, 0.2) is 30.5 Å². The highest BCUT2D eigenvalue weighted by atomic mass is 15.0. The summed E-state index contributed by atoms with van der Waals surface area (Å²) in [5.41, 5.74) is 2.79. The van der Waals surface area contributed by atoms with E-state index < -0.39 is 0 Å². The molecule has 0 saturated carbocycles. The quantitative estimate of drug-likeness (QED) is 0.696. The topological polar surface area (TPSA) is 17.0 Å². The minimum Gasteiger partial charge on any atom is -0.347 e. The van der Waals surface area contributed by atoms with Crippen LogP contribution in [0.5, 0.6) is 0 Å². The van der Waals surface area contributed by atoms with Crippen molar-refractivity contribution in [2.45, 2.75) is 53.1 Å². The number of fused-ring (bicyclic) bond motifs is 1. The van der Waals surface area contributed by atoms with Gasteiger partial charge in [0.25, 0.3) is 0 Å². The predicted octanol–water partition coefficient (Wildman–Crippen LogP) is 4.58. The van der Waals surface area contributed by atoms with Crippen molar-refractivity contribution in [2.24, 2.45) is 5.92 Å². The number of hydrogen-bond donors (Lipinski definition) is 1. The standard InChI is InChI=1S/C18H28N2/c1-4-7-15(3)14-20-12-10-17-16(13-19-11-5-2)8-6-9-18(17)20/h6,8-10,12,15,19H,4-5,7,11,13-14H2,1-3H3. The highest BCUT2D eigenvalue weighted by Crippen LogP contribution is 2.22. The van der Waals surface area contributed by atoms with Crippen molar-refractivity contribution in [3.8, 4) is 0 Å². The Bertz CT molecular complexity index is 527. The van der Waals surface area contributed by atoms with Gasteiger partial charge in [-0.2, -0.15) is 0 Å². The van der Waals surface area contributed by atoms with Gasteiger partial charge in [-0.1, -0.05) is 39.3 Å². The van der Waals surface area contributed by atoms with Crippen molar-refractivity contribution in [2.75, 3.05) is 6.54 Å². The Morgan fingerprint density at radius 1 is 1.15 bits per heavy atom. The molecule has 0 aliphatic heterocycles. The summed E-state index contributed by atoms with van der Waals surface area (Å²) in [5, 5.41) is 4.91. The molecule has 0 spiro atoms. The van der Waals surface area contributed by atoms with E-state index in [-0.39, 0.29) is 0 Å². The van der Waals surface area contributed by atoms with Gasteiger partial charge in [-0.15, -0.1) is 0 Å². The predicted molar refractivity (Wildman–Crippen MR) is 88.0 cm³/mol. The molecule has 0 saturated heterocycles. The summed E-state index contributed by atoms with van der Waals surface area (Å²) in [4.78, 5) is 0. The van der Waals surface area contributed by atoms with Crippen LogP contribution in [0.25, 0.3) is 10.9 Å². The molecule has 1 N–H and O–H groups in total. The molecule has 1 aromatic heterocycles. The Labute approximate surface area is 123 Å². The maximum atomic E-state index is 3.50. The molecule has 1 heterocycles. The maximum Gasteiger partial charge on any atom is 0.0483 e. The number of nitrogens with one attached hydrogen (secondary N) is 1. The highest BCUT2D eigenvalue weighted by Gasteiger charge is 2.08. The molecule has 2 heteroatoms. The van der Waals surface area contributed by atoms with Crippen LogP contribution in [0.1, 0.15) is 45.6 Å². The second kappa shape index (κ2) is 7.49. The molecule has 0 aliphatic rings. The monoisotopic (exact) mass is 272 g/mol. The fraction of sp³-hybridized carbons (Fsp3) is 0.556. The van der Waals surface area contributed by atoms with Crippen molar-refractivity contribution >= 4 is 10.9 Å². The summed E-state index contributed by atoms with van der Waals surface area (Å²) in [6.45, 7) is 10.0. The van der Waals surface area contributed by atoms with E-state index >= 15 is 0 Å². The van der Waals surface area contributed by atoms with E-state index in [0.29, 0.717) is 0 Å². The first-order chi connectivity index (χ1) is 9.76. The number of rotatable bonds is 8. The first-order valence-corrected chi connectivity index (χ1v) is 8.03. The van der Waals surface area contributed by atoms with E-state index in [1.807, 2.05) is 0 Å². The van der Waals surface area contributed by atoms with Crippen molar-refractivity contribution in [3.63, 3.8) is 0 Å². The third kappa shape index (κ3) is 3.63. The van der Waals surface area contributed by atoms with Crippen LogP contribution in [0.4, 0.5) is 0 Å². The van der Waals surface area contributed by atoms with Crippen LogP contribution in [0.2, 0.25) is 0 Å². The lowest BCUT2D eigenvalue weighted by Crippen LogP contribution is -2.13. The second-order valence-electron chi connectivity index (χ2n) is 5.89. The molecule has 0 amide bonds. The summed E-state index contributed by atoms with van der Waals surface area (Å²) in [6, 6.07) is 8.95. The highest BCUT2D eigenvalue weighted by molar-refractivity contribution is 5.83. The molecule has 0 radical (unpaired) electrons. The molecule has 20 heavy (non-hydrogen) atoms. The minimum absolute atomic E-state index is 0.748. The van der Waals surface area contributed by atoms with Crippen LogP contribution in [-0.2, 0) is 13.1 Å². The molecule has 2 rings (SSSR count).